The minimum absolute atomic E-state index is 0.108. The molecule has 1 aromatic carbocycles. The summed E-state index contributed by atoms with van der Waals surface area (Å²) in [7, 11) is 0. The Morgan fingerprint density at radius 2 is 2.17 bits per heavy atom. The Hall–Kier alpha value is -0.740. The Morgan fingerprint density at radius 1 is 1.58 bits per heavy atom. The van der Waals surface area contributed by atoms with E-state index in [1.165, 1.54) is 12.1 Å². The molecule has 12 heavy (non-hydrogen) atoms. The second-order valence-corrected chi connectivity index (χ2v) is 3.33. The van der Waals surface area contributed by atoms with Crippen molar-refractivity contribution in [1.29, 1.82) is 0 Å². The molecule has 5 heteroatoms. The normalized spacial score (nSPS) is 9.83. The van der Waals surface area contributed by atoms with E-state index in [0.29, 0.717) is 9.50 Å². The number of rotatable bonds is 1. The number of aromatic carboxylic acids is 1. The van der Waals surface area contributed by atoms with Gasteiger partial charge in [0.15, 0.2) is 0 Å². The predicted molar refractivity (Wildman–Crippen MR) is 50.5 cm³/mol. The number of benzene rings is 1. The van der Waals surface area contributed by atoms with Crippen LogP contribution in [0.5, 0.6) is 0 Å². The van der Waals surface area contributed by atoms with Crippen molar-refractivity contribution in [2.45, 2.75) is 0 Å². The van der Waals surface area contributed by atoms with Crippen molar-refractivity contribution < 1.29 is 9.90 Å². The molecule has 0 radical (unpaired) electrons. The van der Waals surface area contributed by atoms with Crippen molar-refractivity contribution in [2.24, 2.45) is 0 Å². The second kappa shape index (κ2) is 3.33. The Labute approximate surface area is 82.3 Å². The summed E-state index contributed by atoms with van der Waals surface area (Å²) in [5.41, 5.74) is 5.83. The smallest absolute Gasteiger partial charge is 0.336 e. The van der Waals surface area contributed by atoms with Crippen molar-refractivity contribution >= 4 is 39.2 Å². The van der Waals surface area contributed by atoms with Crippen LogP contribution in [0.3, 0.4) is 0 Å². The SMILES string of the molecule is Nc1c(Cl)ccc(C(=O)O)c1Br. The second-order valence-electron chi connectivity index (χ2n) is 2.13. The molecule has 0 heterocycles. The van der Waals surface area contributed by atoms with Crippen LogP contribution in [0, 0.1) is 0 Å². The first-order chi connectivity index (χ1) is 5.54. The van der Waals surface area contributed by atoms with Gasteiger partial charge in [-0.15, -0.1) is 0 Å². The van der Waals surface area contributed by atoms with Crippen LogP contribution in [-0.2, 0) is 0 Å². The van der Waals surface area contributed by atoms with Crippen LogP contribution in [0.4, 0.5) is 5.69 Å². The van der Waals surface area contributed by atoms with Gasteiger partial charge in [-0.1, -0.05) is 11.6 Å². The zero-order valence-electron chi connectivity index (χ0n) is 5.84. The summed E-state index contributed by atoms with van der Waals surface area (Å²) in [6.45, 7) is 0. The highest BCUT2D eigenvalue weighted by molar-refractivity contribution is 9.10. The van der Waals surface area contributed by atoms with Crippen molar-refractivity contribution in [1.82, 2.24) is 0 Å². The maximum Gasteiger partial charge on any atom is 0.336 e. The van der Waals surface area contributed by atoms with Gasteiger partial charge in [0.05, 0.1) is 20.7 Å². The van der Waals surface area contributed by atoms with E-state index in [4.69, 9.17) is 22.4 Å². The summed E-state index contributed by atoms with van der Waals surface area (Å²) in [6, 6.07) is 2.84. The molecule has 64 valence electrons. The van der Waals surface area contributed by atoms with Crippen molar-refractivity contribution in [3.05, 3.63) is 27.2 Å². The van der Waals surface area contributed by atoms with Crippen LogP contribution < -0.4 is 5.73 Å². The van der Waals surface area contributed by atoms with Gasteiger partial charge in [0, 0.05) is 0 Å². The summed E-state index contributed by atoms with van der Waals surface area (Å²) < 4.78 is 0.322. The van der Waals surface area contributed by atoms with Crippen LogP contribution in [0.25, 0.3) is 0 Å². The van der Waals surface area contributed by atoms with Crippen LogP contribution in [0.15, 0.2) is 16.6 Å². The van der Waals surface area contributed by atoms with Gasteiger partial charge in [0.25, 0.3) is 0 Å². The summed E-state index contributed by atoms with van der Waals surface area (Å²) in [5, 5.41) is 8.99. The number of nitrogens with two attached hydrogens (primary N) is 1. The lowest BCUT2D eigenvalue weighted by atomic mass is 10.2. The Kier molecular flexibility index (Phi) is 2.59. The van der Waals surface area contributed by atoms with Gasteiger partial charge in [-0.05, 0) is 28.1 Å². The molecule has 0 fully saturated rings. The molecule has 0 bridgehead atoms. The first kappa shape index (κ1) is 9.35. The van der Waals surface area contributed by atoms with E-state index >= 15 is 0 Å². The maximum absolute atomic E-state index is 10.6. The summed E-state index contributed by atoms with van der Waals surface area (Å²) in [4.78, 5) is 10.6. The topological polar surface area (TPSA) is 63.3 Å². The highest BCUT2D eigenvalue weighted by Crippen LogP contribution is 2.30. The van der Waals surface area contributed by atoms with Crippen LogP contribution in [0.2, 0.25) is 5.02 Å². The van der Waals surface area contributed by atoms with Crippen LogP contribution in [0.1, 0.15) is 10.4 Å². The fourth-order valence-corrected chi connectivity index (χ4v) is 1.52. The van der Waals surface area contributed by atoms with E-state index in [9.17, 15) is 4.79 Å². The average Bonchev–Trinajstić information content (AvgIpc) is 2.00. The first-order valence-corrected chi connectivity index (χ1v) is 4.18. The minimum atomic E-state index is -1.04. The molecule has 0 amide bonds. The van der Waals surface area contributed by atoms with Gasteiger partial charge in [0.1, 0.15) is 0 Å². The van der Waals surface area contributed by atoms with Gasteiger partial charge in [-0.25, -0.2) is 4.79 Å². The summed E-state index contributed by atoms with van der Waals surface area (Å²) in [6.07, 6.45) is 0. The Balaban J connectivity index is 3.36. The number of carboxylic acid groups (broad SMARTS) is 1. The lowest BCUT2D eigenvalue weighted by molar-refractivity contribution is 0.0696. The number of carbonyl (C=O) groups is 1. The molecule has 0 aliphatic rings. The van der Waals surface area contributed by atoms with Crippen LogP contribution >= 0.6 is 27.5 Å². The Bertz CT molecular complexity index is 340. The number of hydrogen-bond donors (Lipinski definition) is 2. The summed E-state index contributed by atoms with van der Waals surface area (Å²) in [5.74, 6) is -1.04. The molecule has 0 aliphatic carbocycles. The van der Waals surface area contributed by atoms with Crippen LogP contribution in [-0.4, -0.2) is 11.1 Å². The van der Waals surface area contributed by atoms with Crippen molar-refractivity contribution in [2.75, 3.05) is 5.73 Å². The number of hydrogen-bond acceptors (Lipinski definition) is 2. The molecule has 1 rings (SSSR count). The fourth-order valence-electron chi connectivity index (χ4n) is 0.735. The van der Waals surface area contributed by atoms with Crippen molar-refractivity contribution in [3.63, 3.8) is 0 Å². The quantitative estimate of drug-likeness (QED) is 0.752. The third-order valence-corrected chi connectivity index (χ3v) is 2.54. The monoisotopic (exact) mass is 249 g/mol. The standard InChI is InChI=1S/C7H5BrClNO2/c8-5-3(7(11)12)1-2-4(9)6(5)10/h1-2H,10H2,(H,11,12). The molecule has 0 saturated carbocycles. The largest absolute Gasteiger partial charge is 0.478 e. The van der Waals surface area contributed by atoms with Crippen molar-refractivity contribution in [3.8, 4) is 0 Å². The third kappa shape index (κ3) is 1.54. The lowest BCUT2D eigenvalue weighted by Crippen LogP contribution is -2.00. The first-order valence-electron chi connectivity index (χ1n) is 3.01. The van der Waals surface area contributed by atoms with E-state index < -0.39 is 5.97 Å². The average molecular weight is 250 g/mol. The lowest BCUT2D eigenvalue weighted by Gasteiger charge is -2.03. The van der Waals surface area contributed by atoms with E-state index in [2.05, 4.69) is 15.9 Å². The minimum Gasteiger partial charge on any atom is -0.478 e. The van der Waals surface area contributed by atoms with Gasteiger partial charge in [0.2, 0.25) is 0 Å². The van der Waals surface area contributed by atoms with Gasteiger partial charge < -0.3 is 10.8 Å². The molecule has 0 aliphatic heterocycles. The molecule has 0 spiro atoms. The van der Waals surface area contributed by atoms with Gasteiger partial charge in [-0.3, -0.25) is 0 Å². The highest BCUT2D eigenvalue weighted by atomic mass is 79.9. The Morgan fingerprint density at radius 3 is 2.67 bits per heavy atom. The molecule has 0 saturated heterocycles. The van der Waals surface area contributed by atoms with E-state index in [0.717, 1.165) is 0 Å². The molecule has 0 aromatic heterocycles. The van der Waals surface area contributed by atoms with E-state index in [1.807, 2.05) is 0 Å². The molecule has 3 N–H and O–H groups in total. The third-order valence-electron chi connectivity index (χ3n) is 1.36. The van der Waals surface area contributed by atoms with E-state index in [-0.39, 0.29) is 11.3 Å². The number of nitrogen functional groups attached to an aromatic ring is 1. The fraction of sp³-hybridized carbons (Fsp3) is 0. The number of carboxylic acids is 1. The molecule has 1 aromatic rings. The molecule has 0 atom stereocenters. The predicted octanol–water partition coefficient (Wildman–Crippen LogP) is 2.38. The number of halogens is 2. The molecule has 3 nitrogen and oxygen atoms in total. The molecular formula is C7H5BrClNO2. The van der Waals surface area contributed by atoms with Gasteiger partial charge >= 0.3 is 5.97 Å². The zero-order valence-corrected chi connectivity index (χ0v) is 8.19. The van der Waals surface area contributed by atoms with E-state index in [1.54, 1.807) is 0 Å². The highest BCUT2D eigenvalue weighted by Gasteiger charge is 2.12. The summed E-state index contributed by atoms with van der Waals surface area (Å²) >= 11 is 8.68. The van der Waals surface area contributed by atoms with Gasteiger partial charge in [-0.2, -0.15) is 0 Å². The number of anilines is 1. The zero-order chi connectivity index (χ0) is 9.30. The maximum atomic E-state index is 10.6. The molecule has 0 unspecified atom stereocenters. The molecular weight excluding hydrogens is 245 g/mol.